The molecule has 1 atom stereocenters. The van der Waals surface area contributed by atoms with Crippen molar-refractivity contribution >= 4 is 22.7 Å². The van der Waals surface area contributed by atoms with E-state index in [9.17, 15) is 0 Å². The van der Waals surface area contributed by atoms with Gasteiger partial charge in [-0.05, 0) is 19.1 Å². The van der Waals surface area contributed by atoms with Gasteiger partial charge in [-0.25, -0.2) is 0 Å². The number of H-pyrrole nitrogens is 1. The third-order valence-electron chi connectivity index (χ3n) is 2.29. The molecule has 0 bridgehead atoms. The van der Waals surface area contributed by atoms with E-state index in [-0.39, 0.29) is 0 Å². The molecule has 82 valence electrons. The first-order valence-corrected chi connectivity index (χ1v) is 6.00. The Hall–Kier alpha value is -1.44. The first kappa shape index (κ1) is 11.1. The monoisotopic (exact) mass is 231 g/mol. The summed E-state index contributed by atoms with van der Waals surface area (Å²) in [4.78, 5) is 3.29. The summed E-state index contributed by atoms with van der Waals surface area (Å²) in [5.41, 5.74) is 6.10. The average molecular weight is 231 g/mol. The van der Waals surface area contributed by atoms with Crippen LogP contribution in [0.1, 0.15) is 6.92 Å². The molecule has 0 radical (unpaired) electrons. The molecule has 1 aromatic heterocycles. The van der Waals surface area contributed by atoms with Crippen LogP contribution in [0, 0.1) is 11.3 Å². The van der Waals surface area contributed by atoms with E-state index >= 15 is 0 Å². The van der Waals surface area contributed by atoms with Gasteiger partial charge in [-0.15, -0.1) is 11.8 Å². The normalized spacial score (nSPS) is 14.6. The fraction of sp³-hybridized carbons (Fsp3) is 0.250. The topological polar surface area (TPSA) is 65.6 Å². The van der Waals surface area contributed by atoms with Gasteiger partial charge in [0.05, 0.1) is 11.1 Å². The Morgan fingerprint density at radius 2 is 2.25 bits per heavy atom. The van der Waals surface area contributed by atoms with Gasteiger partial charge in [0.2, 0.25) is 0 Å². The molecule has 0 saturated heterocycles. The maximum Gasteiger partial charge on any atom is 0.110 e. The largest absolute Gasteiger partial charge is 0.350 e. The molecule has 1 unspecified atom stereocenters. The predicted octanol–water partition coefficient (Wildman–Crippen LogP) is 2.50. The van der Waals surface area contributed by atoms with Crippen molar-refractivity contribution in [2.75, 3.05) is 5.75 Å². The van der Waals surface area contributed by atoms with Crippen molar-refractivity contribution in [3.8, 4) is 6.07 Å². The number of fused-ring (bicyclic) bond motifs is 1. The summed E-state index contributed by atoms with van der Waals surface area (Å²) >= 11 is 1.57. The average Bonchev–Trinajstić information content (AvgIpc) is 2.69. The molecule has 0 aliphatic carbocycles. The van der Waals surface area contributed by atoms with E-state index in [1.54, 1.807) is 18.7 Å². The third-order valence-corrected chi connectivity index (χ3v) is 3.56. The Balaban J connectivity index is 2.14. The van der Waals surface area contributed by atoms with Crippen molar-refractivity contribution in [1.29, 1.82) is 5.26 Å². The minimum Gasteiger partial charge on any atom is -0.350 e. The number of nitrogens with one attached hydrogen (secondary N) is 1. The number of hydrogen-bond acceptors (Lipinski definition) is 3. The lowest BCUT2D eigenvalue weighted by Crippen LogP contribution is -2.36. The Kier molecular flexibility index (Phi) is 2.90. The summed E-state index contributed by atoms with van der Waals surface area (Å²) in [6, 6.07) is 12.3. The number of aromatic nitrogens is 1. The fourth-order valence-electron chi connectivity index (χ4n) is 1.38. The van der Waals surface area contributed by atoms with Crippen molar-refractivity contribution < 1.29 is 0 Å². The molecule has 0 amide bonds. The van der Waals surface area contributed by atoms with E-state index < -0.39 is 5.54 Å². The van der Waals surface area contributed by atoms with Crippen molar-refractivity contribution in [1.82, 2.24) is 4.98 Å². The molecule has 1 aromatic carbocycles. The molecular formula is C12H13N3S. The molecule has 3 nitrogen and oxygen atoms in total. The zero-order valence-corrected chi connectivity index (χ0v) is 9.84. The smallest absolute Gasteiger partial charge is 0.110 e. The zero-order valence-electron chi connectivity index (χ0n) is 9.03. The highest BCUT2D eigenvalue weighted by Crippen LogP contribution is 2.24. The number of nitrogens with zero attached hydrogens (tertiary/aromatic N) is 1. The van der Waals surface area contributed by atoms with Crippen LogP contribution in [0.5, 0.6) is 0 Å². The van der Waals surface area contributed by atoms with E-state index in [1.165, 1.54) is 5.39 Å². The first-order valence-electron chi connectivity index (χ1n) is 5.01. The zero-order chi connectivity index (χ0) is 11.6. The molecule has 3 N–H and O–H groups in total. The lowest BCUT2D eigenvalue weighted by atomic mass is 10.1. The van der Waals surface area contributed by atoms with Gasteiger partial charge in [0.25, 0.3) is 0 Å². The Morgan fingerprint density at radius 3 is 2.94 bits per heavy atom. The van der Waals surface area contributed by atoms with Crippen LogP contribution in [0.25, 0.3) is 10.9 Å². The minimum atomic E-state index is -0.776. The highest BCUT2D eigenvalue weighted by atomic mass is 32.2. The molecule has 0 aliphatic heterocycles. The number of thioether (sulfide) groups is 1. The quantitative estimate of drug-likeness (QED) is 0.798. The van der Waals surface area contributed by atoms with Crippen LogP contribution in [-0.4, -0.2) is 16.3 Å². The Morgan fingerprint density at radius 1 is 1.50 bits per heavy atom. The second-order valence-corrected chi connectivity index (χ2v) is 5.06. The number of benzene rings is 1. The number of para-hydroxylation sites is 1. The number of nitrogens with two attached hydrogens (primary N) is 1. The second kappa shape index (κ2) is 4.20. The summed E-state index contributed by atoms with van der Waals surface area (Å²) in [6.45, 7) is 1.74. The van der Waals surface area contributed by atoms with Gasteiger partial charge < -0.3 is 10.7 Å². The van der Waals surface area contributed by atoms with Gasteiger partial charge in [-0.2, -0.15) is 5.26 Å². The number of nitriles is 1. The Labute approximate surface area is 98.6 Å². The highest BCUT2D eigenvalue weighted by Gasteiger charge is 2.17. The van der Waals surface area contributed by atoms with Crippen molar-refractivity contribution in [3.63, 3.8) is 0 Å². The molecule has 0 aliphatic rings. The summed E-state index contributed by atoms with van der Waals surface area (Å²) < 4.78 is 0. The van der Waals surface area contributed by atoms with Gasteiger partial charge >= 0.3 is 0 Å². The van der Waals surface area contributed by atoms with E-state index in [0.717, 1.165) is 10.5 Å². The molecule has 2 rings (SSSR count). The lowest BCUT2D eigenvalue weighted by molar-refractivity contribution is 0.681. The molecule has 1 heterocycles. The van der Waals surface area contributed by atoms with Crippen LogP contribution in [0.2, 0.25) is 0 Å². The van der Waals surface area contributed by atoms with Crippen LogP contribution in [-0.2, 0) is 0 Å². The van der Waals surface area contributed by atoms with Crippen LogP contribution in [0.3, 0.4) is 0 Å². The third kappa shape index (κ3) is 2.38. The van der Waals surface area contributed by atoms with E-state index in [4.69, 9.17) is 11.0 Å². The van der Waals surface area contributed by atoms with Crippen LogP contribution >= 0.6 is 11.8 Å². The predicted molar refractivity (Wildman–Crippen MR) is 67.2 cm³/mol. The van der Waals surface area contributed by atoms with Crippen LogP contribution < -0.4 is 5.73 Å². The fourth-order valence-corrected chi connectivity index (χ4v) is 2.30. The molecule has 2 aromatic rings. The van der Waals surface area contributed by atoms with Gasteiger partial charge in [-0.1, -0.05) is 18.2 Å². The lowest BCUT2D eigenvalue weighted by Gasteiger charge is -2.13. The maximum atomic E-state index is 8.81. The Bertz CT molecular complexity index is 503. The van der Waals surface area contributed by atoms with Crippen molar-refractivity contribution in [2.45, 2.75) is 17.5 Å². The summed E-state index contributed by atoms with van der Waals surface area (Å²) in [5.74, 6) is 0.580. The minimum absolute atomic E-state index is 0.580. The number of aromatic amines is 1. The van der Waals surface area contributed by atoms with E-state index in [2.05, 4.69) is 23.2 Å². The van der Waals surface area contributed by atoms with Crippen molar-refractivity contribution in [2.24, 2.45) is 5.73 Å². The molecular weight excluding hydrogens is 218 g/mol. The van der Waals surface area contributed by atoms with Gasteiger partial charge in [0.1, 0.15) is 5.54 Å². The summed E-state index contributed by atoms with van der Waals surface area (Å²) in [5, 5.41) is 11.0. The van der Waals surface area contributed by atoms with Gasteiger partial charge in [0, 0.05) is 16.7 Å². The standard InChI is InChI=1S/C12H13N3S/c1-12(14,7-13)8-16-11-6-9-4-2-3-5-10(9)15-11/h2-6,15H,8,14H2,1H3. The number of rotatable bonds is 3. The van der Waals surface area contributed by atoms with Crippen molar-refractivity contribution in [3.05, 3.63) is 30.3 Å². The maximum absolute atomic E-state index is 8.81. The molecule has 0 spiro atoms. The van der Waals surface area contributed by atoms with Crippen LogP contribution in [0.15, 0.2) is 35.4 Å². The van der Waals surface area contributed by atoms with Gasteiger partial charge in [0.15, 0.2) is 0 Å². The summed E-state index contributed by atoms with van der Waals surface area (Å²) in [7, 11) is 0. The first-order chi connectivity index (χ1) is 7.61. The van der Waals surface area contributed by atoms with Crippen LogP contribution in [0.4, 0.5) is 0 Å². The molecule has 4 heteroatoms. The van der Waals surface area contributed by atoms with Gasteiger partial charge in [-0.3, -0.25) is 0 Å². The van der Waals surface area contributed by atoms with E-state index in [0.29, 0.717) is 5.75 Å². The highest BCUT2D eigenvalue weighted by molar-refractivity contribution is 7.99. The molecule has 16 heavy (non-hydrogen) atoms. The second-order valence-electron chi connectivity index (χ2n) is 4.04. The number of hydrogen-bond donors (Lipinski definition) is 2. The molecule has 0 saturated carbocycles. The summed E-state index contributed by atoms with van der Waals surface area (Å²) in [6.07, 6.45) is 0. The SMILES string of the molecule is CC(N)(C#N)CSc1cc2ccccc2[nH]1. The molecule has 0 fully saturated rings. The van der Waals surface area contributed by atoms with E-state index in [1.807, 2.05) is 18.2 Å².